The maximum atomic E-state index is 12.8. The van der Waals surface area contributed by atoms with Crippen LogP contribution in [0.25, 0.3) is 0 Å². The largest absolute Gasteiger partial charge is 0.334 e. The van der Waals surface area contributed by atoms with Gasteiger partial charge in [-0.3, -0.25) is 0 Å². The van der Waals surface area contributed by atoms with E-state index >= 15 is 0 Å². The van der Waals surface area contributed by atoms with Crippen molar-refractivity contribution in [3.63, 3.8) is 0 Å². The maximum Gasteiger partial charge on any atom is 0.318 e. The fraction of sp³-hybridized carbons (Fsp3) is 0.136. The van der Waals surface area contributed by atoms with Gasteiger partial charge in [-0.1, -0.05) is 88.7 Å². The zero-order valence-electron chi connectivity index (χ0n) is 14.4. The molecule has 3 nitrogen and oxygen atoms in total. The average Bonchev–Trinajstić information content (AvgIpc) is 2.67. The molecular weight excluding hydrogens is 388 g/mol. The molecule has 0 spiro atoms. The Kier molecular flexibility index (Phi) is 6.45. The molecule has 0 aliphatic rings. The topological polar surface area (TPSA) is 32.3 Å². The van der Waals surface area contributed by atoms with Crippen LogP contribution in [-0.4, -0.2) is 10.9 Å². The summed E-state index contributed by atoms with van der Waals surface area (Å²) < 4.78 is 1.01. The smallest absolute Gasteiger partial charge is 0.318 e. The standard InChI is InChI=1S/C22H21BrN2O/c23-21-13-7-12-20(14-21)15-24-22(26)25(16-18-8-3-1-4-9-18)17-19-10-5-2-6-11-19/h1-14H,15-17H2,(H,24,26). The first kappa shape index (κ1) is 18.2. The van der Waals surface area contributed by atoms with Gasteiger partial charge in [0.05, 0.1) is 0 Å². The second kappa shape index (κ2) is 9.20. The van der Waals surface area contributed by atoms with Gasteiger partial charge < -0.3 is 10.2 Å². The fourth-order valence-corrected chi connectivity index (χ4v) is 3.19. The summed E-state index contributed by atoms with van der Waals surface area (Å²) in [5.74, 6) is 0. The van der Waals surface area contributed by atoms with Gasteiger partial charge in [0.1, 0.15) is 0 Å². The highest BCUT2D eigenvalue weighted by atomic mass is 79.9. The molecule has 2 amide bonds. The predicted octanol–water partition coefficient (Wildman–Crippen LogP) is 5.36. The third-order valence-corrected chi connectivity index (χ3v) is 4.55. The zero-order valence-corrected chi connectivity index (χ0v) is 16.0. The van der Waals surface area contributed by atoms with E-state index in [4.69, 9.17) is 0 Å². The van der Waals surface area contributed by atoms with E-state index in [0.717, 1.165) is 21.2 Å². The van der Waals surface area contributed by atoms with Crippen LogP contribution in [-0.2, 0) is 19.6 Å². The minimum atomic E-state index is -0.0716. The van der Waals surface area contributed by atoms with Crippen molar-refractivity contribution in [2.75, 3.05) is 0 Å². The monoisotopic (exact) mass is 408 g/mol. The summed E-state index contributed by atoms with van der Waals surface area (Å²) in [6.45, 7) is 1.64. The zero-order chi connectivity index (χ0) is 18.2. The average molecular weight is 409 g/mol. The molecule has 4 heteroatoms. The summed E-state index contributed by atoms with van der Waals surface area (Å²) in [5, 5.41) is 3.03. The molecule has 0 atom stereocenters. The Labute approximate surface area is 162 Å². The van der Waals surface area contributed by atoms with Crippen molar-refractivity contribution >= 4 is 22.0 Å². The summed E-state index contributed by atoms with van der Waals surface area (Å²) in [6, 6.07) is 28.0. The molecular formula is C22H21BrN2O. The van der Waals surface area contributed by atoms with Crippen LogP contribution in [0.1, 0.15) is 16.7 Å². The highest BCUT2D eigenvalue weighted by molar-refractivity contribution is 9.10. The second-order valence-corrected chi connectivity index (χ2v) is 7.03. The molecule has 0 aromatic heterocycles. The SMILES string of the molecule is O=C(NCc1cccc(Br)c1)N(Cc1ccccc1)Cc1ccccc1. The molecule has 0 fully saturated rings. The molecule has 0 aliphatic carbocycles. The number of halogens is 1. The quantitative estimate of drug-likeness (QED) is 0.584. The Morgan fingerprint density at radius 2 is 1.31 bits per heavy atom. The van der Waals surface area contributed by atoms with Crippen molar-refractivity contribution in [3.8, 4) is 0 Å². The van der Waals surface area contributed by atoms with Gasteiger partial charge in [0.2, 0.25) is 0 Å². The molecule has 3 aromatic carbocycles. The van der Waals surface area contributed by atoms with Crippen molar-refractivity contribution in [1.29, 1.82) is 0 Å². The maximum absolute atomic E-state index is 12.8. The first-order chi connectivity index (χ1) is 12.7. The Morgan fingerprint density at radius 3 is 1.85 bits per heavy atom. The Hall–Kier alpha value is -2.59. The molecule has 0 radical (unpaired) electrons. The number of nitrogens with zero attached hydrogens (tertiary/aromatic N) is 1. The lowest BCUT2D eigenvalue weighted by Crippen LogP contribution is -2.38. The summed E-state index contributed by atoms with van der Waals surface area (Å²) in [6.07, 6.45) is 0. The van der Waals surface area contributed by atoms with E-state index in [1.54, 1.807) is 0 Å². The minimum Gasteiger partial charge on any atom is -0.334 e. The summed E-state index contributed by atoms with van der Waals surface area (Å²) in [4.78, 5) is 14.6. The van der Waals surface area contributed by atoms with Crippen LogP contribution in [0.4, 0.5) is 4.79 Å². The number of hydrogen-bond acceptors (Lipinski definition) is 1. The Balaban J connectivity index is 1.70. The van der Waals surface area contributed by atoms with Crippen molar-refractivity contribution in [2.24, 2.45) is 0 Å². The van der Waals surface area contributed by atoms with Gasteiger partial charge in [-0.05, 0) is 28.8 Å². The highest BCUT2D eigenvalue weighted by Gasteiger charge is 2.14. The first-order valence-electron chi connectivity index (χ1n) is 8.56. The molecule has 26 heavy (non-hydrogen) atoms. The molecule has 0 bridgehead atoms. The molecule has 0 saturated heterocycles. The van der Waals surface area contributed by atoms with Crippen molar-refractivity contribution < 1.29 is 4.79 Å². The van der Waals surface area contributed by atoms with Crippen molar-refractivity contribution in [2.45, 2.75) is 19.6 Å². The second-order valence-electron chi connectivity index (χ2n) is 6.12. The minimum absolute atomic E-state index is 0.0716. The lowest BCUT2D eigenvalue weighted by molar-refractivity contribution is 0.192. The lowest BCUT2D eigenvalue weighted by Gasteiger charge is -2.23. The van der Waals surface area contributed by atoms with Crippen molar-refractivity contribution in [1.82, 2.24) is 10.2 Å². The number of carbonyl (C=O) groups is 1. The Morgan fingerprint density at radius 1 is 0.769 bits per heavy atom. The van der Waals surface area contributed by atoms with Crippen molar-refractivity contribution in [3.05, 3.63) is 106 Å². The van der Waals surface area contributed by atoms with Gasteiger partial charge >= 0.3 is 6.03 Å². The van der Waals surface area contributed by atoms with E-state index in [9.17, 15) is 4.79 Å². The third-order valence-electron chi connectivity index (χ3n) is 4.05. The molecule has 3 aromatic rings. The number of amides is 2. The van der Waals surface area contributed by atoms with Gasteiger partial charge in [0.15, 0.2) is 0 Å². The molecule has 1 N–H and O–H groups in total. The summed E-state index contributed by atoms with van der Waals surface area (Å²) in [5.41, 5.74) is 3.29. The van der Waals surface area contributed by atoms with E-state index in [-0.39, 0.29) is 6.03 Å². The number of urea groups is 1. The summed E-state index contributed by atoms with van der Waals surface area (Å²) >= 11 is 3.46. The van der Waals surface area contributed by atoms with Gasteiger partial charge in [-0.15, -0.1) is 0 Å². The van der Waals surface area contributed by atoms with Crippen LogP contribution in [0, 0.1) is 0 Å². The normalized spacial score (nSPS) is 10.3. The van der Waals surface area contributed by atoms with Gasteiger partial charge in [-0.25, -0.2) is 4.79 Å². The van der Waals surface area contributed by atoms with Crippen LogP contribution >= 0.6 is 15.9 Å². The highest BCUT2D eigenvalue weighted by Crippen LogP contribution is 2.13. The molecule has 3 rings (SSSR count). The molecule has 0 aliphatic heterocycles. The van der Waals surface area contributed by atoms with E-state index in [0.29, 0.717) is 19.6 Å². The number of benzene rings is 3. The Bertz CT molecular complexity index is 796. The van der Waals surface area contributed by atoms with Gasteiger partial charge in [-0.2, -0.15) is 0 Å². The van der Waals surface area contributed by atoms with E-state index in [1.165, 1.54) is 0 Å². The van der Waals surface area contributed by atoms with Crippen LogP contribution in [0.2, 0.25) is 0 Å². The summed E-state index contributed by atoms with van der Waals surface area (Å²) in [7, 11) is 0. The van der Waals surface area contributed by atoms with Crippen LogP contribution in [0.15, 0.2) is 89.4 Å². The molecule has 0 unspecified atom stereocenters. The molecule has 0 heterocycles. The van der Waals surface area contributed by atoms with E-state index < -0.39 is 0 Å². The van der Waals surface area contributed by atoms with Crippen LogP contribution in [0.3, 0.4) is 0 Å². The van der Waals surface area contributed by atoms with E-state index in [1.807, 2.05) is 89.8 Å². The molecule has 0 saturated carbocycles. The number of carbonyl (C=O) groups excluding carboxylic acids is 1. The molecule has 132 valence electrons. The lowest BCUT2D eigenvalue weighted by atomic mass is 10.2. The van der Waals surface area contributed by atoms with Crippen LogP contribution in [0.5, 0.6) is 0 Å². The number of hydrogen-bond donors (Lipinski definition) is 1. The van der Waals surface area contributed by atoms with Gasteiger partial charge in [0.25, 0.3) is 0 Å². The van der Waals surface area contributed by atoms with E-state index in [2.05, 4.69) is 21.2 Å². The number of rotatable bonds is 6. The fourth-order valence-electron chi connectivity index (χ4n) is 2.74. The third kappa shape index (κ3) is 5.46. The number of nitrogens with one attached hydrogen (secondary N) is 1. The van der Waals surface area contributed by atoms with Crippen LogP contribution < -0.4 is 5.32 Å². The first-order valence-corrected chi connectivity index (χ1v) is 9.35. The van der Waals surface area contributed by atoms with Gasteiger partial charge in [0, 0.05) is 24.1 Å². The predicted molar refractivity (Wildman–Crippen MR) is 109 cm³/mol.